The molecule has 0 aliphatic rings. The number of nitrogens with two attached hydrogens (primary N) is 1. The molecule has 2 rings (SSSR count). The zero-order valence-electron chi connectivity index (χ0n) is 10.1. The third kappa shape index (κ3) is 2.00. The summed E-state index contributed by atoms with van der Waals surface area (Å²) < 4.78 is 12.0. The second kappa shape index (κ2) is 4.79. The molecule has 0 bridgehead atoms. The number of ether oxygens (including phenoxy) is 2. The van der Waals surface area contributed by atoms with Crippen LogP contribution in [-0.4, -0.2) is 29.9 Å². The van der Waals surface area contributed by atoms with Gasteiger partial charge in [0.15, 0.2) is 0 Å². The SMILES string of the molecule is COc1cccc(OC)c1-n1ccc(C(N)=O)n1. The van der Waals surface area contributed by atoms with Gasteiger partial charge in [0.2, 0.25) is 0 Å². The van der Waals surface area contributed by atoms with Gasteiger partial charge in [0.1, 0.15) is 22.9 Å². The van der Waals surface area contributed by atoms with Crippen molar-refractivity contribution < 1.29 is 14.3 Å². The lowest BCUT2D eigenvalue weighted by Gasteiger charge is -2.12. The van der Waals surface area contributed by atoms with Crippen LogP contribution in [0.5, 0.6) is 11.5 Å². The summed E-state index contributed by atoms with van der Waals surface area (Å²) in [7, 11) is 3.10. The Hall–Kier alpha value is -2.50. The monoisotopic (exact) mass is 247 g/mol. The van der Waals surface area contributed by atoms with Crippen molar-refractivity contribution in [3.63, 3.8) is 0 Å². The summed E-state index contributed by atoms with van der Waals surface area (Å²) in [5.74, 6) is 0.601. The van der Waals surface area contributed by atoms with Crippen LogP contribution in [0.25, 0.3) is 5.69 Å². The minimum absolute atomic E-state index is 0.183. The number of primary amides is 1. The first-order valence-corrected chi connectivity index (χ1v) is 5.24. The molecular weight excluding hydrogens is 234 g/mol. The number of methoxy groups -OCH3 is 2. The standard InChI is InChI=1S/C12H13N3O3/c1-17-9-4-3-5-10(18-2)11(9)15-7-6-8(14-15)12(13)16/h3-7H,1-2H3,(H2,13,16). The van der Waals surface area contributed by atoms with E-state index in [0.717, 1.165) is 0 Å². The predicted molar refractivity (Wildman–Crippen MR) is 65.2 cm³/mol. The van der Waals surface area contributed by atoms with Crippen LogP contribution in [0.4, 0.5) is 0 Å². The molecule has 0 fully saturated rings. The number of hydrogen-bond donors (Lipinski definition) is 1. The van der Waals surface area contributed by atoms with E-state index in [0.29, 0.717) is 17.2 Å². The van der Waals surface area contributed by atoms with E-state index in [1.807, 2.05) is 0 Å². The largest absolute Gasteiger partial charge is 0.494 e. The lowest BCUT2D eigenvalue weighted by Crippen LogP contribution is -2.12. The van der Waals surface area contributed by atoms with Crippen LogP contribution in [0.3, 0.4) is 0 Å². The van der Waals surface area contributed by atoms with Crippen molar-refractivity contribution in [3.8, 4) is 17.2 Å². The quantitative estimate of drug-likeness (QED) is 0.873. The van der Waals surface area contributed by atoms with Gasteiger partial charge in [0.05, 0.1) is 14.2 Å². The maximum absolute atomic E-state index is 11.0. The van der Waals surface area contributed by atoms with Crippen LogP contribution in [-0.2, 0) is 0 Å². The normalized spacial score (nSPS) is 10.1. The van der Waals surface area contributed by atoms with Gasteiger partial charge in [-0.15, -0.1) is 0 Å². The van der Waals surface area contributed by atoms with Crippen LogP contribution in [0, 0.1) is 0 Å². The van der Waals surface area contributed by atoms with E-state index in [1.54, 1.807) is 38.6 Å². The lowest BCUT2D eigenvalue weighted by molar-refractivity contribution is 0.0995. The molecule has 0 atom stereocenters. The van der Waals surface area contributed by atoms with Crippen molar-refractivity contribution in [2.24, 2.45) is 5.73 Å². The Morgan fingerprint density at radius 3 is 2.28 bits per heavy atom. The van der Waals surface area contributed by atoms with Crippen molar-refractivity contribution in [1.29, 1.82) is 0 Å². The van der Waals surface area contributed by atoms with Crippen LogP contribution in [0.15, 0.2) is 30.5 Å². The summed E-state index contributed by atoms with van der Waals surface area (Å²) >= 11 is 0. The Morgan fingerprint density at radius 2 is 1.83 bits per heavy atom. The molecule has 0 aliphatic carbocycles. The summed E-state index contributed by atoms with van der Waals surface area (Å²) in [6.45, 7) is 0. The lowest BCUT2D eigenvalue weighted by atomic mass is 10.2. The minimum Gasteiger partial charge on any atom is -0.494 e. The van der Waals surface area contributed by atoms with Gasteiger partial charge < -0.3 is 15.2 Å². The first kappa shape index (κ1) is 12.0. The molecular formula is C12H13N3O3. The van der Waals surface area contributed by atoms with Crippen molar-refractivity contribution in [2.45, 2.75) is 0 Å². The molecule has 0 unspecified atom stereocenters. The second-order valence-corrected chi connectivity index (χ2v) is 3.52. The fraction of sp³-hybridized carbons (Fsp3) is 0.167. The van der Waals surface area contributed by atoms with E-state index in [-0.39, 0.29) is 5.69 Å². The highest BCUT2D eigenvalue weighted by Crippen LogP contribution is 2.31. The molecule has 2 aromatic rings. The van der Waals surface area contributed by atoms with E-state index >= 15 is 0 Å². The van der Waals surface area contributed by atoms with Gasteiger partial charge in [-0.05, 0) is 18.2 Å². The minimum atomic E-state index is -0.581. The number of aromatic nitrogens is 2. The van der Waals surface area contributed by atoms with Crippen molar-refractivity contribution in [2.75, 3.05) is 14.2 Å². The van der Waals surface area contributed by atoms with Crippen LogP contribution < -0.4 is 15.2 Å². The number of carbonyl (C=O) groups excluding carboxylic acids is 1. The zero-order valence-corrected chi connectivity index (χ0v) is 10.1. The van der Waals surface area contributed by atoms with E-state index < -0.39 is 5.91 Å². The van der Waals surface area contributed by atoms with Crippen LogP contribution in [0.1, 0.15) is 10.5 Å². The number of hydrogen-bond acceptors (Lipinski definition) is 4. The maximum atomic E-state index is 11.0. The summed E-state index contributed by atoms with van der Waals surface area (Å²) in [4.78, 5) is 11.0. The molecule has 1 amide bonds. The van der Waals surface area contributed by atoms with Gasteiger partial charge in [-0.1, -0.05) is 6.07 Å². The molecule has 6 heteroatoms. The maximum Gasteiger partial charge on any atom is 0.269 e. The third-order valence-corrected chi connectivity index (χ3v) is 2.47. The van der Waals surface area contributed by atoms with E-state index in [1.165, 1.54) is 10.7 Å². The molecule has 1 aromatic heterocycles. The Labute approximate surface area is 104 Å². The fourth-order valence-electron chi connectivity index (χ4n) is 1.64. The number of amides is 1. The highest BCUT2D eigenvalue weighted by atomic mass is 16.5. The van der Waals surface area contributed by atoms with Gasteiger partial charge in [-0.3, -0.25) is 4.79 Å². The number of benzene rings is 1. The van der Waals surface area contributed by atoms with Crippen molar-refractivity contribution in [3.05, 3.63) is 36.2 Å². The van der Waals surface area contributed by atoms with Crippen LogP contribution in [0.2, 0.25) is 0 Å². The fourth-order valence-corrected chi connectivity index (χ4v) is 1.64. The van der Waals surface area contributed by atoms with E-state index in [2.05, 4.69) is 5.10 Å². The van der Waals surface area contributed by atoms with E-state index in [9.17, 15) is 4.79 Å². The van der Waals surface area contributed by atoms with Gasteiger partial charge in [0.25, 0.3) is 5.91 Å². The average molecular weight is 247 g/mol. The number of rotatable bonds is 4. The zero-order chi connectivity index (χ0) is 13.1. The average Bonchev–Trinajstić information content (AvgIpc) is 2.87. The second-order valence-electron chi connectivity index (χ2n) is 3.52. The first-order chi connectivity index (χ1) is 8.67. The summed E-state index contributed by atoms with van der Waals surface area (Å²) in [5, 5.41) is 4.08. The summed E-state index contributed by atoms with van der Waals surface area (Å²) in [6, 6.07) is 6.90. The molecule has 0 spiro atoms. The van der Waals surface area contributed by atoms with Crippen molar-refractivity contribution in [1.82, 2.24) is 9.78 Å². The Bertz CT molecular complexity index is 555. The van der Waals surface area contributed by atoms with Gasteiger partial charge in [-0.2, -0.15) is 5.10 Å². The molecule has 1 heterocycles. The van der Waals surface area contributed by atoms with Gasteiger partial charge >= 0.3 is 0 Å². The van der Waals surface area contributed by atoms with Crippen LogP contribution >= 0.6 is 0 Å². The summed E-state index contributed by atoms with van der Waals surface area (Å²) in [6.07, 6.45) is 1.63. The Balaban J connectivity index is 2.57. The number of nitrogens with zero attached hydrogens (tertiary/aromatic N) is 2. The first-order valence-electron chi connectivity index (χ1n) is 5.24. The molecule has 0 saturated heterocycles. The Morgan fingerprint density at radius 1 is 1.22 bits per heavy atom. The molecule has 6 nitrogen and oxygen atoms in total. The van der Waals surface area contributed by atoms with Gasteiger partial charge in [-0.25, -0.2) is 4.68 Å². The molecule has 18 heavy (non-hydrogen) atoms. The smallest absolute Gasteiger partial charge is 0.269 e. The molecule has 0 aliphatic heterocycles. The topological polar surface area (TPSA) is 79.4 Å². The van der Waals surface area contributed by atoms with E-state index in [4.69, 9.17) is 15.2 Å². The summed E-state index contributed by atoms with van der Waals surface area (Å²) in [5.41, 5.74) is 5.97. The molecule has 0 radical (unpaired) electrons. The molecule has 0 saturated carbocycles. The highest BCUT2D eigenvalue weighted by molar-refractivity contribution is 5.90. The van der Waals surface area contributed by atoms with Gasteiger partial charge in [0, 0.05) is 6.20 Å². The van der Waals surface area contributed by atoms with Crippen molar-refractivity contribution >= 4 is 5.91 Å². The Kier molecular flexibility index (Phi) is 3.18. The molecule has 1 aromatic carbocycles. The highest BCUT2D eigenvalue weighted by Gasteiger charge is 2.14. The predicted octanol–water partition coefficient (Wildman–Crippen LogP) is 0.988. The molecule has 2 N–H and O–H groups in total. The number of para-hydroxylation sites is 1. The molecule has 94 valence electrons. The third-order valence-electron chi connectivity index (χ3n) is 2.47. The number of carbonyl (C=O) groups is 1.